The lowest BCUT2D eigenvalue weighted by atomic mass is 10.1. The van der Waals surface area contributed by atoms with Crippen LogP contribution in [0.15, 0.2) is 53.9 Å². The molecule has 0 bridgehead atoms. The zero-order valence-electron chi connectivity index (χ0n) is 14.1. The fourth-order valence-corrected chi connectivity index (χ4v) is 2.54. The highest BCUT2D eigenvalue weighted by Crippen LogP contribution is 2.31. The Balaban J connectivity index is 1.35. The van der Waals surface area contributed by atoms with Gasteiger partial charge < -0.3 is 14.3 Å². The molecule has 1 aliphatic heterocycles. The van der Waals surface area contributed by atoms with E-state index in [4.69, 9.17) is 9.57 Å². The van der Waals surface area contributed by atoms with Crippen molar-refractivity contribution in [2.24, 2.45) is 5.16 Å². The van der Waals surface area contributed by atoms with E-state index >= 15 is 0 Å². The summed E-state index contributed by atoms with van der Waals surface area (Å²) in [4.78, 5) is 9.55. The maximum atomic E-state index is 12.2. The Kier molecular flexibility index (Phi) is 4.55. The lowest BCUT2D eigenvalue weighted by molar-refractivity contribution is -0.274. The second kappa shape index (κ2) is 7.18. The van der Waals surface area contributed by atoms with Crippen molar-refractivity contribution in [1.82, 2.24) is 20.4 Å². The number of alkyl halides is 3. The molecule has 144 valence electrons. The summed E-state index contributed by atoms with van der Waals surface area (Å²) < 4.78 is 46.1. The summed E-state index contributed by atoms with van der Waals surface area (Å²) in [6.07, 6.45) is -1.79. The molecule has 0 unspecified atom stereocenters. The first kappa shape index (κ1) is 17.8. The van der Waals surface area contributed by atoms with Crippen LogP contribution in [-0.4, -0.2) is 32.7 Å². The topological polar surface area (TPSA) is 94.5 Å². The minimum absolute atomic E-state index is 0.301. The van der Waals surface area contributed by atoms with E-state index in [1.165, 1.54) is 30.5 Å². The molecule has 1 aliphatic rings. The fraction of sp³-hybridized carbons (Fsp3) is 0.176. The number of benzene rings is 1. The van der Waals surface area contributed by atoms with E-state index in [1.54, 1.807) is 18.3 Å². The van der Waals surface area contributed by atoms with Crippen molar-refractivity contribution in [2.45, 2.75) is 18.9 Å². The molecule has 1 N–H and O–H groups in total. The highest BCUT2D eigenvalue weighted by molar-refractivity contribution is 5.79. The van der Waals surface area contributed by atoms with Crippen LogP contribution in [0.1, 0.15) is 18.1 Å². The van der Waals surface area contributed by atoms with Gasteiger partial charge in [0.25, 0.3) is 0 Å². The molecule has 1 aromatic carbocycles. The normalized spacial score (nSPS) is 16.4. The monoisotopic (exact) mass is 391 g/mol. The van der Waals surface area contributed by atoms with E-state index in [9.17, 15) is 13.2 Å². The minimum atomic E-state index is -4.73. The van der Waals surface area contributed by atoms with Gasteiger partial charge in [-0.05, 0) is 29.8 Å². The lowest BCUT2D eigenvalue weighted by Gasteiger charge is -2.11. The van der Waals surface area contributed by atoms with Crippen molar-refractivity contribution in [2.75, 3.05) is 0 Å². The first-order valence-corrected chi connectivity index (χ1v) is 8.05. The van der Waals surface area contributed by atoms with Gasteiger partial charge in [0.2, 0.25) is 5.90 Å². The molecule has 11 heteroatoms. The maximum absolute atomic E-state index is 12.2. The van der Waals surface area contributed by atoms with Crippen LogP contribution in [0.25, 0.3) is 11.4 Å². The van der Waals surface area contributed by atoms with Crippen LogP contribution >= 0.6 is 0 Å². The van der Waals surface area contributed by atoms with Gasteiger partial charge in [0, 0.05) is 0 Å². The molecule has 0 radical (unpaired) electrons. The van der Waals surface area contributed by atoms with Gasteiger partial charge in [-0.2, -0.15) is 0 Å². The number of rotatable bonds is 4. The van der Waals surface area contributed by atoms with Crippen molar-refractivity contribution >= 4 is 5.90 Å². The SMILES string of the molecule is FC(F)(F)Oc1ccc([C@@H]2CC(Oc3ccc(-c4cnn[nH]4)nc3)=NO2)cc1. The zero-order valence-corrected chi connectivity index (χ0v) is 14.1. The fourth-order valence-electron chi connectivity index (χ4n) is 2.54. The third-order valence-electron chi connectivity index (χ3n) is 3.79. The predicted octanol–water partition coefficient (Wildman–Crippen LogP) is 3.62. The van der Waals surface area contributed by atoms with Crippen LogP contribution in [0.2, 0.25) is 0 Å². The summed E-state index contributed by atoms with van der Waals surface area (Å²) in [6.45, 7) is 0. The standard InChI is InChI=1S/C17H12F3N5O3/c18-17(19,20)27-11-3-1-10(2-4-11)15-7-16(24-28-15)26-12-5-6-13(21-8-12)14-9-22-25-23-14/h1-6,8-9,15H,7H2,(H,22,23,25)/t15-/m0/s1. The first-order valence-electron chi connectivity index (χ1n) is 8.05. The maximum Gasteiger partial charge on any atom is 0.573 e. The third-order valence-corrected chi connectivity index (χ3v) is 3.79. The van der Waals surface area contributed by atoms with Gasteiger partial charge in [0.15, 0.2) is 6.10 Å². The molecule has 1 atom stereocenters. The molecule has 3 aromatic rings. The average Bonchev–Trinajstić information content (AvgIpc) is 3.34. The number of hydrogen-bond donors (Lipinski definition) is 1. The Morgan fingerprint density at radius 3 is 2.46 bits per heavy atom. The van der Waals surface area contributed by atoms with Crippen molar-refractivity contribution in [1.29, 1.82) is 0 Å². The summed E-state index contributed by atoms with van der Waals surface area (Å²) in [5, 5.41) is 13.9. The molecule has 0 amide bonds. The van der Waals surface area contributed by atoms with Gasteiger partial charge in [-0.3, -0.25) is 10.1 Å². The molecule has 0 aliphatic carbocycles. The smallest absolute Gasteiger partial charge is 0.438 e. The Morgan fingerprint density at radius 1 is 1.04 bits per heavy atom. The molecule has 4 rings (SSSR count). The molecule has 8 nitrogen and oxygen atoms in total. The number of halogens is 3. The lowest BCUT2D eigenvalue weighted by Crippen LogP contribution is -2.17. The molecule has 3 heterocycles. The first-order chi connectivity index (χ1) is 13.5. The van der Waals surface area contributed by atoms with Crippen LogP contribution in [0.4, 0.5) is 13.2 Å². The van der Waals surface area contributed by atoms with Crippen LogP contribution in [-0.2, 0) is 4.84 Å². The predicted molar refractivity (Wildman–Crippen MR) is 89.2 cm³/mol. The van der Waals surface area contributed by atoms with Gasteiger partial charge in [-0.25, -0.2) is 0 Å². The number of pyridine rings is 1. The number of oxime groups is 1. The molecular weight excluding hydrogens is 379 g/mol. The van der Waals surface area contributed by atoms with Gasteiger partial charge in [0.1, 0.15) is 17.2 Å². The molecule has 2 aromatic heterocycles. The van der Waals surface area contributed by atoms with E-state index in [2.05, 4.69) is 30.3 Å². The van der Waals surface area contributed by atoms with Crippen molar-refractivity contribution in [3.05, 3.63) is 54.4 Å². The summed E-state index contributed by atoms with van der Waals surface area (Å²) >= 11 is 0. The van der Waals surface area contributed by atoms with E-state index in [0.717, 1.165) is 0 Å². The third kappa shape index (κ3) is 4.19. The number of hydrogen-bond acceptors (Lipinski definition) is 7. The molecule has 0 spiro atoms. The number of H-pyrrole nitrogens is 1. The van der Waals surface area contributed by atoms with Gasteiger partial charge in [0.05, 0.1) is 24.5 Å². The van der Waals surface area contributed by atoms with Crippen LogP contribution in [0.3, 0.4) is 0 Å². The Bertz CT molecular complexity index is 957. The van der Waals surface area contributed by atoms with Gasteiger partial charge in [-0.1, -0.05) is 22.5 Å². The van der Waals surface area contributed by atoms with Crippen LogP contribution in [0.5, 0.6) is 11.5 Å². The highest BCUT2D eigenvalue weighted by atomic mass is 19.4. The van der Waals surface area contributed by atoms with E-state index in [-0.39, 0.29) is 5.75 Å². The van der Waals surface area contributed by atoms with Crippen molar-refractivity contribution < 1.29 is 27.5 Å². The average molecular weight is 391 g/mol. The molecule has 28 heavy (non-hydrogen) atoms. The summed E-state index contributed by atoms with van der Waals surface area (Å²) in [6, 6.07) is 8.86. The van der Waals surface area contributed by atoms with Crippen LogP contribution < -0.4 is 9.47 Å². The Morgan fingerprint density at radius 2 is 1.82 bits per heavy atom. The van der Waals surface area contributed by atoms with Crippen molar-refractivity contribution in [3.63, 3.8) is 0 Å². The van der Waals surface area contributed by atoms with E-state index in [0.29, 0.717) is 35.0 Å². The van der Waals surface area contributed by atoms with Gasteiger partial charge >= 0.3 is 6.36 Å². The van der Waals surface area contributed by atoms with Crippen LogP contribution in [0, 0.1) is 0 Å². The van der Waals surface area contributed by atoms with E-state index < -0.39 is 12.5 Å². The van der Waals surface area contributed by atoms with Gasteiger partial charge in [-0.15, -0.1) is 18.3 Å². The highest BCUT2D eigenvalue weighted by Gasteiger charge is 2.31. The number of nitrogens with one attached hydrogen (secondary N) is 1. The second-order valence-corrected chi connectivity index (χ2v) is 5.75. The number of nitrogens with zero attached hydrogens (tertiary/aromatic N) is 4. The zero-order chi connectivity index (χ0) is 19.6. The molecule has 0 saturated heterocycles. The summed E-state index contributed by atoms with van der Waals surface area (Å²) in [7, 11) is 0. The molecule has 0 fully saturated rings. The number of aromatic amines is 1. The quantitative estimate of drug-likeness (QED) is 0.730. The number of ether oxygens (including phenoxy) is 2. The largest absolute Gasteiger partial charge is 0.573 e. The summed E-state index contributed by atoms with van der Waals surface area (Å²) in [5.41, 5.74) is 1.98. The Hall–Kier alpha value is -3.63. The molecular formula is C17H12F3N5O3. The minimum Gasteiger partial charge on any atom is -0.438 e. The van der Waals surface area contributed by atoms with E-state index in [1.807, 2.05) is 0 Å². The summed E-state index contributed by atoms with van der Waals surface area (Å²) in [5.74, 6) is 0.497. The molecule has 0 saturated carbocycles. The number of aromatic nitrogens is 4. The van der Waals surface area contributed by atoms with Crippen molar-refractivity contribution in [3.8, 4) is 22.9 Å². The Labute approximate surface area is 155 Å². The second-order valence-electron chi connectivity index (χ2n) is 5.75.